The highest BCUT2D eigenvalue weighted by atomic mass is 16.5. The Bertz CT molecular complexity index is 858. The van der Waals surface area contributed by atoms with Gasteiger partial charge in [-0.2, -0.15) is 5.26 Å². The Balaban J connectivity index is 0.000000924. The lowest BCUT2D eigenvalue weighted by atomic mass is 10.2. The lowest BCUT2D eigenvalue weighted by Crippen LogP contribution is -2.01. The molecule has 0 bridgehead atoms. The number of carbonyl (C=O) groups is 1. The van der Waals surface area contributed by atoms with Crippen molar-refractivity contribution in [3.8, 4) is 11.8 Å². The fourth-order valence-corrected chi connectivity index (χ4v) is 2.16. The first-order chi connectivity index (χ1) is 11.2. The summed E-state index contributed by atoms with van der Waals surface area (Å²) in [6.07, 6.45) is 1.69. The van der Waals surface area contributed by atoms with Gasteiger partial charge in [0.15, 0.2) is 0 Å². The van der Waals surface area contributed by atoms with Crippen LogP contribution in [0.15, 0.2) is 48.8 Å². The molecule has 0 aliphatic heterocycles. The third kappa shape index (κ3) is 3.22. The van der Waals surface area contributed by atoms with E-state index in [1.165, 1.54) is 7.11 Å². The zero-order valence-corrected chi connectivity index (χ0v) is 13.3. The van der Waals surface area contributed by atoms with Gasteiger partial charge in [-0.3, -0.25) is 4.57 Å². The fourth-order valence-electron chi connectivity index (χ4n) is 2.16. The largest absolute Gasteiger partial charge is 0.465 e. The van der Waals surface area contributed by atoms with Crippen molar-refractivity contribution in [2.75, 3.05) is 7.11 Å². The number of ether oxygens (including phenoxy) is 1. The molecule has 5 heteroatoms. The molecule has 0 unspecified atom stereocenters. The number of esters is 1. The molecule has 5 nitrogen and oxygen atoms in total. The van der Waals surface area contributed by atoms with E-state index < -0.39 is 0 Å². The van der Waals surface area contributed by atoms with Crippen molar-refractivity contribution in [2.24, 2.45) is 0 Å². The molecule has 0 aliphatic rings. The summed E-state index contributed by atoms with van der Waals surface area (Å²) in [5.74, 6) is -0.365. The Labute approximate surface area is 134 Å². The number of hydrogen-bond donors (Lipinski definition) is 0. The monoisotopic (exact) mass is 307 g/mol. The lowest BCUT2D eigenvalue weighted by Gasteiger charge is -2.05. The topological polar surface area (TPSA) is 67.9 Å². The summed E-state index contributed by atoms with van der Waals surface area (Å²) in [7, 11) is 1.35. The Kier molecular flexibility index (Phi) is 5.11. The Hall–Kier alpha value is -3.13. The van der Waals surface area contributed by atoms with Gasteiger partial charge in [-0.1, -0.05) is 13.8 Å². The molecule has 0 radical (unpaired) electrons. The molecule has 0 fully saturated rings. The molecule has 0 amide bonds. The van der Waals surface area contributed by atoms with Gasteiger partial charge in [-0.25, -0.2) is 9.78 Å². The van der Waals surface area contributed by atoms with Gasteiger partial charge in [-0.05, 0) is 42.5 Å². The molecule has 0 saturated carbocycles. The second-order valence-corrected chi connectivity index (χ2v) is 4.47. The first-order valence-electron chi connectivity index (χ1n) is 7.29. The summed E-state index contributed by atoms with van der Waals surface area (Å²) in [5.41, 5.74) is 3.62. The van der Waals surface area contributed by atoms with E-state index in [2.05, 4.69) is 15.8 Å². The number of imidazole rings is 1. The van der Waals surface area contributed by atoms with Gasteiger partial charge >= 0.3 is 5.97 Å². The number of methoxy groups -OCH3 is 1. The van der Waals surface area contributed by atoms with Gasteiger partial charge < -0.3 is 4.74 Å². The Morgan fingerprint density at radius 3 is 2.48 bits per heavy atom. The number of aromatic nitrogens is 2. The van der Waals surface area contributed by atoms with E-state index in [4.69, 9.17) is 5.26 Å². The van der Waals surface area contributed by atoms with Crippen molar-refractivity contribution in [3.05, 3.63) is 59.9 Å². The van der Waals surface area contributed by atoms with Gasteiger partial charge in [0, 0.05) is 5.69 Å². The van der Waals surface area contributed by atoms with Crippen LogP contribution in [0.3, 0.4) is 0 Å². The predicted octanol–water partition coefficient (Wildman–Crippen LogP) is 3.71. The molecule has 1 aromatic heterocycles. The maximum absolute atomic E-state index is 11.4. The van der Waals surface area contributed by atoms with Crippen molar-refractivity contribution in [3.63, 3.8) is 0 Å². The molecule has 0 saturated heterocycles. The molecule has 0 N–H and O–H groups in total. The minimum absolute atomic E-state index is 0.365. The SMILES string of the molecule is CC.COC(=O)c1ccc(-n2cnc3cc(C#N)ccc32)cc1. The zero-order valence-electron chi connectivity index (χ0n) is 13.3. The van der Waals surface area contributed by atoms with Crippen LogP contribution in [0.2, 0.25) is 0 Å². The molecule has 2 aromatic carbocycles. The van der Waals surface area contributed by atoms with Crippen molar-refractivity contribution in [1.29, 1.82) is 5.26 Å². The normalized spacial score (nSPS) is 9.65. The van der Waals surface area contributed by atoms with Crippen LogP contribution >= 0.6 is 0 Å². The number of benzene rings is 2. The van der Waals surface area contributed by atoms with Crippen LogP contribution in [-0.4, -0.2) is 22.6 Å². The van der Waals surface area contributed by atoms with Gasteiger partial charge in [0.05, 0.1) is 35.3 Å². The number of hydrogen-bond acceptors (Lipinski definition) is 4. The smallest absolute Gasteiger partial charge is 0.337 e. The molecule has 3 aromatic rings. The molecule has 0 spiro atoms. The molecule has 1 heterocycles. The Morgan fingerprint density at radius 2 is 1.87 bits per heavy atom. The summed E-state index contributed by atoms with van der Waals surface area (Å²) in [6.45, 7) is 4.00. The number of fused-ring (bicyclic) bond motifs is 1. The van der Waals surface area contributed by atoms with Gasteiger partial charge in [-0.15, -0.1) is 0 Å². The van der Waals surface area contributed by atoms with E-state index in [-0.39, 0.29) is 5.97 Å². The highest BCUT2D eigenvalue weighted by Gasteiger charge is 2.08. The van der Waals surface area contributed by atoms with Crippen molar-refractivity contribution >= 4 is 17.0 Å². The summed E-state index contributed by atoms with van der Waals surface area (Å²) < 4.78 is 6.57. The van der Waals surface area contributed by atoms with Crippen molar-refractivity contribution in [1.82, 2.24) is 9.55 Å². The summed E-state index contributed by atoms with van der Waals surface area (Å²) in [4.78, 5) is 15.7. The van der Waals surface area contributed by atoms with Crippen molar-refractivity contribution in [2.45, 2.75) is 13.8 Å². The first kappa shape index (κ1) is 16.2. The van der Waals surface area contributed by atoms with Crippen LogP contribution in [0.25, 0.3) is 16.7 Å². The van der Waals surface area contributed by atoms with E-state index in [9.17, 15) is 4.79 Å². The molecule has 116 valence electrons. The van der Waals surface area contributed by atoms with Crippen LogP contribution in [0.4, 0.5) is 0 Å². The maximum atomic E-state index is 11.4. The minimum Gasteiger partial charge on any atom is -0.465 e. The molecular weight excluding hydrogens is 290 g/mol. The highest BCUT2D eigenvalue weighted by Crippen LogP contribution is 2.19. The van der Waals surface area contributed by atoms with Crippen LogP contribution in [0.1, 0.15) is 29.8 Å². The molecular formula is C18H17N3O2. The third-order valence-corrected chi connectivity index (χ3v) is 3.24. The van der Waals surface area contributed by atoms with E-state index in [0.717, 1.165) is 16.7 Å². The van der Waals surface area contributed by atoms with Crippen molar-refractivity contribution < 1.29 is 9.53 Å². The molecule has 0 aliphatic carbocycles. The molecule has 0 atom stereocenters. The molecule has 3 rings (SSSR count). The van der Waals surface area contributed by atoms with E-state index in [1.54, 1.807) is 30.6 Å². The number of nitrogens with zero attached hydrogens (tertiary/aromatic N) is 3. The summed E-state index contributed by atoms with van der Waals surface area (Å²) in [5, 5.41) is 8.90. The second kappa shape index (κ2) is 7.23. The average Bonchev–Trinajstić information content (AvgIpc) is 3.05. The van der Waals surface area contributed by atoms with Crippen LogP contribution in [0.5, 0.6) is 0 Å². The fraction of sp³-hybridized carbons (Fsp3) is 0.167. The van der Waals surface area contributed by atoms with E-state index in [0.29, 0.717) is 11.1 Å². The van der Waals surface area contributed by atoms with Crippen LogP contribution < -0.4 is 0 Å². The number of carbonyl (C=O) groups excluding carboxylic acids is 1. The van der Waals surface area contributed by atoms with Gasteiger partial charge in [0.25, 0.3) is 0 Å². The first-order valence-corrected chi connectivity index (χ1v) is 7.29. The molecule has 23 heavy (non-hydrogen) atoms. The maximum Gasteiger partial charge on any atom is 0.337 e. The van der Waals surface area contributed by atoms with Crippen LogP contribution in [-0.2, 0) is 4.74 Å². The quantitative estimate of drug-likeness (QED) is 0.677. The number of nitriles is 1. The van der Waals surface area contributed by atoms with Crippen LogP contribution in [0, 0.1) is 11.3 Å². The van der Waals surface area contributed by atoms with Gasteiger partial charge in [0.1, 0.15) is 6.33 Å². The standard InChI is InChI=1S/C16H11N3O2.C2H6/c1-21-16(20)12-3-5-13(6-4-12)19-10-18-14-8-11(9-17)2-7-15(14)19;1-2/h2-8,10H,1H3;1-2H3. The highest BCUT2D eigenvalue weighted by molar-refractivity contribution is 5.89. The van der Waals surface area contributed by atoms with Gasteiger partial charge in [0.2, 0.25) is 0 Å². The second-order valence-electron chi connectivity index (χ2n) is 4.47. The third-order valence-electron chi connectivity index (χ3n) is 3.24. The lowest BCUT2D eigenvalue weighted by molar-refractivity contribution is 0.0601. The van der Waals surface area contributed by atoms with E-state index in [1.807, 2.05) is 36.6 Å². The van der Waals surface area contributed by atoms with E-state index >= 15 is 0 Å². The Morgan fingerprint density at radius 1 is 1.17 bits per heavy atom. The zero-order chi connectivity index (χ0) is 16.8. The predicted molar refractivity (Wildman–Crippen MR) is 88.5 cm³/mol. The average molecular weight is 307 g/mol. The summed E-state index contributed by atoms with van der Waals surface area (Å²) in [6, 6.07) is 14.5. The summed E-state index contributed by atoms with van der Waals surface area (Å²) >= 11 is 0. The minimum atomic E-state index is -0.365. The number of rotatable bonds is 2.